The highest BCUT2D eigenvalue weighted by atomic mass is 16.5. The number of amides is 1. The number of Topliss-reactive ketones (excluding diaryl/α,β-unsaturated/α-hetero) is 1. The molecule has 0 saturated heterocycles. The van der Waals surface area contributed by atoms with E-state index in [9.17, 15) is 19.2 Å². The molecule has 0 fully saturated rings. The fourth-order valence-electron chi connectivity index (χ4n) is 3.56. The first-order valence-electron chi connectivity index (χ1n) is 9.76. The van der Waals surface area contributed by atoms with Crippen LogP contribution in [0.1, 0.15) is 23.5 Å². The molecule has 162 valence electrons. The zero-order chi connectivity index (χ0) is 22.4. The lowest BCUT2D eigenvalue weighted by molar-refractivity contribution is -0.154. The number of rotatable bonds is 10. The van der Waals surface area contributed by atoms with E-state index in [1.165, 1.54) is 0 Å². The number of hydrogen-bond acceptors (Lipinski definition) is 7. The highest BCUT2D eigenvalue weighted by Crippen LogP contribution is 2.44. The van der Waals surface area contributed by atoms with Gasteiger partial charge >= 0.3 is 11.9 Å². The maximum Gasteiger partial charge on any atom is 0.374 e. The summed E-state index contributed by atoms with van der Waals surface area (Å²) >= 11 is 0. The van der Waals surface area contributed by atoms with Crippen LogP contribution in [-0.2, 0) is 23.9 Å². The summed E-state index contributed by atoms with van der Waals surface area (Å²) < 4.78 is 5.28. The average Bonchev–Trinajstić information content (AvgIpc) is 3.09. The van der Waals surface area contributed by atoms with Gasteiger partial charge in [0, 0.05) is 18.9 Å². The Morgan fingerprint density at radius 1 is 1.00 bits per heavy atom. The van der Waals surface area contributed by atoms with Gasteiger partial charge in [0.1, 0.15) is 13.2 Å². The minimum atomic E-state index is -1.24. The Balaban J connectivity index is 1.54. The Morgan fingerprint density at radius 2 is 1.58 bits per heavy atom. The van der Waals surface area contributed by atoms with E-state index in [4.69, 9.17) is 15.6 Å². The van der Waals surface area contributed by atoms with Gasteiger partial charge in [0.15, 0.2) is 0 Å². The molecule has 1 aliphatic carbocycles. The van der Waals surface area contributed by atoms with Crippen LogP contribution in [0, 0.1) is 0 Å². The van der Waals surface area contributed by atoms with Crippen molar-refractivity contribution in [2.24, 2.45) is 5.73 Å². The summed E-state index contributed by atoms with van der Waals surface area (Å²) in [6.45, 7) is -1.08. The number of esters is 1. The van der Waals surface area contributed by atoms with Crippen molar-refractivity contribution in [2.75, 3.05) is 26.2 Å². The monoisotopic (exact) mass is 425 g/mol. The van der Waals surface area contributed by atoms with Crippen LogP contribution in [0.3, 0.4) is 0 Å². The normalized spacial score (nSPS) is 12.0. The lowest BCUT2D eigenvalue weighted by Crippen LogP contribution is -2.49. The molecule has 0 saturated carbocycles. The van der Waals surface area contributed by atoms with Crippen LogP contribution in [0.4, 0.5) is 0 Å². The number of nitrogens with two attached hydrogens (primary N) is 1. The molecular formula is C22H23N3O6. The molecule has 0 bridgehead atoms. The molecule has 0 aromatic heterocycles. The quantitative estimate of drug-likeness (QED) is 0.287. The first-order chi connectivity index (χ1) is 14.9. The summed E-state index contributed by atoms with van der Waals surface area (Å²) in [6, 6.07) is 15.7. The second-order valence-corrected chi connectivity index (χ2v) is 6.98. The predicted molar refractivity (Wildman–Crippen MR) is 111 cm³/mol. The molecule has 9 heteroatoms. The van der Waals surface area contributed by atoms with Gasteiger partial charge in [-0.1, -0.05) is 48.5 Å². The van der Waals surface area contributed by atoms with Crippen molar-refractivity contribution in [2.45, 2.75) is 12.3 Å². The highest BCUT2D eigenvalue weighted by Gasteiger charge is 2.29. The average molecular weight is 425 g/mol. The topological polar surface area (TPSA) is 139 Å². The van der Waals surface area contributed by atoms with Crippen LogP contribution in [0.25, 0.3) is 11.1 Å². The summed E-state index contributed by atoms with van der Waals surface area (Å²) in [5, 5.41) is 9.62. The Labute approximate surface area is 178 Å². The number of carbonyl (C=O) groups is 4. The summed E-state index contributed by atoms with van der Waals surface area (Å²) in [5.74, 6) is -3.79. The number of carbonyl (C=O) groups excluding carboxylic acids is 3. The number of ether oxygens (including phenoxy) is 1. The molecule has 3 rings (SSSR count). The zero-order valence-electron chi connectivity index (χ0n) is 16.7. The van der Waals surface area contributed by atoms with E-state index in [2.05, 4.69) is 5.43 Å². The van der Waals surface area contributed by atoms with Gasteiger partial charge in [0.05, 0.1) is 6.54 Å². The minimum absolute atomic E-state index is 0.0306. The summed E-state index contributed by atoms with van der Waals surface area (Å²) in [5.41, 5.74) is 12.0. The molecule has 0 aliphatic heterocycles. The number of fused-ring (bicyclic) bond motifs is 3. The van der Waals surface area contributed by atoms with E-state index >= 15 is 0 Å². The second kappa shape index (κ2) is 9.96. The molecule has 4 N–H and O–H groups in total. The van der Waals surface area contributed by atoms with Crippen LogP contribution < -0.4 is 11.2 Å². The molecule has 1 amide bonds. The van der Waals surface area contributed by atoms with Crippen LogP contribution in [0.15, 0.2) is 48.5 Å². The third-order valence-corrected chi connectivity index (χ3v) is 5.00. The predicted octanol–water partition coefficient (Wildman–Crippen LogP) is 0.678. The first-order valence-corrected chi connectivity index (χ1v) is 9.76. The van der Waals surface area contributed by atoms with Crippen LogP contribution in [0.5, 0.6) is 0 Å². The number of nitrogens with zero attached hydrogens (tertiary/aromatic N) is 1. The molecule has 1 aliphatic rings. The molecule has 9 nitrogen and oxygen atoms in total. The SMILES string of the molecule is NCC(=O)N(CC(=O)O)NCCC(=O)C(=O)OCC1c2ccccc2-c2ccccc21. The van der Waals surface area contributed by atoms with Crippen LogP contribution in [0.2, 0.25) is 0 Å². The van der Waals surface area contributed by atoms with Gasteiger partial charge in [-0.05, 0) is 22.3 Å². The van der Waals surface area contributed by atoms with Crippen molar-refractivity contribution in [1.82, 2.24) is 10.4 Å². The van der Waals surface area contributed by atoms with Crippen molar-refractivity contribution in [1.29, 1.82) is 0 Å². The lowest BCUT2D eigenvalue weighted by Gasteiger charge is -2.20. The van der Waals surface area contributed by atoms with Gasteiger partial charge in [-0.3, -0.25) is 19.4 Å². The highest BCUT2D eigenvalue weighted by molar-refractivity contribution is 6.33. The van der Waals surface area contributed by atoms with Gasteiger partial charge in [-0.2, -0.15) is 0 Å². The Kier molecular flexibility index (Phi) is 7.11. The number of nitrogens with one attached hydrogen (secondary N) is 1. The van der Waals surface area contributed by atoms with Crippen molar-refractivity contribution >= 4 is 23.6 Å². The van der Waals surface area contributed by atoms with E-state index in [1.54, 1.807) is 0 Å². The number of ketones is 1. The Bertz CT molecular complexity index is 961. The second-order valence-electron chi connectivity index (χ2n) is 6.98. The Morgan fingerprint density at radius 3 is 2.13 bits per heavy atom. The molecule has 0 atom stereocenters. The zero-order valence-corrected chi connectivity index (χ0v) is 16.7. The van der Waals surface area contributed by atoms with Crippen molar-refractivity contribution in [3.8, 4) is 11.1 Å². The number of aliphatic carboxylic acids is 1. The smallest absolute Gasteiger partial charge is 0.374 e. The fourth-order valence-corrected chi connectivity index (χ4v) is 3.56. The summed E-state index contributed by atoms with van der Waals surface area (Å²) in [6.07, 6.45) is -0.259. The third kappa shape index (κ3) is 5.14. The lowest BCUT2D eigenvalue weighted by atomic mass is 9.98. The number of benzene rings is 2. The molecule has 31 heavy (non-hydrogen) atoms. The van der Waals surface area contributed by atoms with Gasteiger partial charge < -0.3 is 15.6 Å². The molecular weight excluding hydrogens is 402 g/mol. The molecule has 2 aromatic carbocycles. The standard InChI is InChI=1S/C22H23N3O6/c23-11-20(27)25(12-21(28)29)24-10-9-19(26)22(30)31-13-18-16-7-3-1-5-14(16)15-6-2-4-8-17(15)18/h1-8,18,24H,9-13,23H2,(H,28,29). The van der Waals surface area contributed by atoms with Gasteiger partial charge in [0.2, 0.25) is 5.78 Å². The molecule has 0 heterocycles. The van der Waals surface area contributed by atoms with E-state index in [1.807, 2.05) is 48.5 Å². The molecule has 2 aromatic rings. The van der Waals surface area contributed by atoms with E-state index < -0.39 is 30.2 Å². The minimum Gasteiger partial charge on any atom is -0.480 e. The van der Waals surface area contributed by atoms with Gasteiger partial charge in [-0.25, -0.2) is 10.2 Å². The number of hydrazine groups is 1. The number of hydrogen-bond donors (Lipinski definition) is 3. The Hall–Kier alpha value is -3.56. The van der Waals surface area contributed by atoms with Crippen LogP contribution >= 0.6 is 0 Å². The van der Waals surface area contributed by atoms with Gasteiger partial charge in [0.25, 0.3) is 5.91 Å². The van der Waals surface area contributed by atoms with Crippen LogP contribution in [-0.4, -0.2) is 60.0 Å². The van der Waals surface area contributed by atoms with Crippen molar-refractivity contribution < 1.29 is 29.0 Å². The first kappa shape index (κ1) is 22.1. The van der Waals surface area contributed by atoms with Gasteiger partial charge in [-0.15, -0.1) is 0 Å². The van der Waals surface area contributed by atoms with Crippen molar-refractivity contribution in [3.63, 3.8) is 0 Å². The van der Waals surface area contributed by atoms with Crippen molar-refractivity contribution in [3.05, 3.63) is 59.7 Å². The molecule has 0 spiro atoms. The number of carboxylic acids is 1. The third-order valence-electron chi connectivity index (χ3n) is 5.00. The number of carboxylic acid groups (broad SMARTS) is 1. The molecule has 0 unspecified atom stereocenters. The fraction of sp³-hybridized carbons (Fsp3) is 0.273. The summed E-state index contributed by atoms with van der Waals surface area (Å²) in [7, 11) is 0. The van der Waals surface area contributed by atoms with E-state index in [0.717, 1.165) is 27.3 Å². The van der Waals surface area contributed by atoms with E-state index in [-0.39, 0.29) is 32.0 Å². The largest absolute Gasteiger partial charge is 0.480 e. The summed E-state index contributed by atoms with van der Waals surface area (Å²) in [4.78, 5) is 46.7. The maximum absolute atomic E-state index is 12.2. The molecule has 0 radical (unpaired) electrons. The maximum atomic E-state index is 12.2. The van der Waals surface area contributed by atoms with E-state index in [0.29, 0.717) is 0 Å².